The Kier molecular flexibility index (Phi) is 4.85. The molecule has 0 unspecified atom stereocenters. The molecular weight excluding hydrogens is 236 g/mol. The van der Waals surface area contributed by atoms with Gasteiger partial charge in [0.25, 0.3) is 0 Å². The maximum absolute atomic E-state index is 11.4. The van der Waals surface area contributed by atoms with Crippen LogP contribution in [0.15, 0.2) is 36.0 Å². The van der Waals surface area contributed by atoms with Crippen LogP contribution in [0.2, 0.25) is 0 Å². The minimum atomic E-state index is -0.764. The quantitative estimate of drug-likeness (QED) is 0.590. The molecule has 1 N–H and O–H groups in total. The van der Waals surface area contributed by atoms with Gasteiger partial charge in [-0.05, 0) is 12.5 Å². The van der Waals surface area contributed by atoms with E-state index >= 15 is 0 Å². The molecule has 0 fully saturated rings. The van der Waals surface area contributed by atoms with Crippen LogP contribution < -0.4 is 0 Å². The second kappa shape index (κ2) is 6.16. The van der Waals surface area contributed by atoms with Crippen molar-refractivity contribution < 1.29 is 24.2 Å². The molecule has 5 nitrogen and oxygen atoms in total. The molecule has 0 aromatic heterocycles. The number of carbonyl (C=O) groups excluding carboxylic acids is 2. The van der Waals surface area contributed by atoms with Gasteiger partial charge in [-0.3, -0.25) is 0 Å². The highest BCUT2D eigenvalue weighted by atomic mass is 16.5. The zero-order valence-electron chi connectivity index (χ0n) is 10.4. The van der Waals surface area contributed by atoms with Gasteiger partial charge < -0.3 is 14.6 Å². The molecule has 98 valence electrons. The molecule has 0 bridgehead atoms. The number of aliphatic hydroxyl groups excluding tert-OH is 1. The number of hydrogen-bond acceptors (Lipinski definition) is 5. The molecule has 0 heterocycles. The molecule has 0 spiro atoms. The van der Waals surface area contributed by atoms with E-state index in [9.17, 15) is 14.7 Å². The number of esters is 2. The first kappa shape index (κ1) is 14.2. The number of rotatable bonds is 4. The van der Waals surface area contributed by atoms with E-state index in [-0.39, 0.29) is 12.0 Å². The van der Waals surface area contributed by atoms with E-state index in [1.165, 1.54) is 26.4 Å². The third-order valence-electron chi connectivity index (χ3n) is 2.68. The van der Waals surface area contributed by atoms with E-state index in [1.54, 1.807) is 6.08 Å². The van der Waals surface area contributed by atoms with Crippen molar-refractivity contribution in [1.29, 1.82) is 0 Å². The number of aliphatic hydroxyl groups is 1. The Balaban J connectivity index is 2.78. The maximum Gasteiger partial charge on any atom is 0.337 e. The van der Waals surface area contributed by atoms with Crippen molar-refractivity contribution in [3.63, 3.8) is 0 Å². The van der Waals surface area contributed by atoms with Gasteiger partial charge >= 0.3 is 11.9 Å². The number of hydrogen-bond donors (Lipinski definition) is 1. The Morgan fingerprint density at radius 3 is 2.61 bits per heavy atom. The molecule has 1 aliphatic carbocycles. The van der Waals surface area contributed by atoms with Crippen LogP contribution in [0.4, 0.5) is 0 Å². The highest BCUT2D eigenvalue weighted by Gasteiger charge is 2.24. The van der Waals surface area contributed by atoms with Gasteiger partial charge in [0.05, 0.1) is 25.9 Å². The Bertz CT molecular complexity index is 419. The van der Waals surface area contributed by atoms with Gasteiger partial charge in [-0.15, -0.1) is 0 Å². The van der Waals surface area contributed by atoms with Crippen LogP contribution in [-0.4, -0.2) is 37.4 Å². The van der Waals surface area contributed by atoms with Gasteiger partial charge in [0.2, 0.25) is 0 Å². The molecule has 0 radical (unpaired) electrons. The van der Waals surface area contributed by atoms with Crippen molar-refractivity contribution in [2.75, 3.05) is 14.2 Å². The van der Waals surface area contributed by atoms with Crippen LogP contribution in [-0.2, 0) is 19.1 Å². The summed E-state index contributed by atoms with van der Waals surface area (Å²) in [7, 11) is 2.55. The first-order valence-electron chi connectivity index (χ1n) is 5.42. The average molecular weight is 252 g/mol. The summed E-state index contributed by atoms with van der Waals surface area (Å²) in [5.41, 5.74) is 0.600. The molecule has 18 heavy (non-hydrogen) atoms. The molecule has 2 atom stereocenters. The van der Waals surface area contributed by atoms with E-state index < -0.39 is 24.0 Å². The Labute approximate surface area is 105 Å². The molecule has 5 heteroatoms. The van der Waals surface area contributed by atoms with Crippen LogP contribution >= 0.6 is 0 Å². The molecule has 0 aliphatic heterocycles. The van der Waals surface area contributed by atoms with E-state index in [0.717, 1.165) is 0 Å². The summed E-state index contributed by atoms with van der Waals surface area (Å²) in [6.45, 7) is 3.59. The summed E-state index contributed by atoms with van der Waals surface area (Å²) in [4.78, 5) is 22.6. The third kappa shape index (κ3) is 3.30. The minimum Gasteiger partial charge on any atom is -0.466 e. The second-order valence-electron chi connectivity index (χ2n) is 3.93. The Hall–Kier alpha value is -1.88. The van der Waals surface area contributed by atoms with E-state index in [4.69, 9.17) is 0 Å². The van der Waals surface area contributed by atoms with E-state index in [1.807, 2.05) is 0 Å². The lowest BCUT2D eigenvalue weighted by Crippen LogP contribution is -2.23. The summed E-state index contributed by atoms with van der Waals surface area (Å²) in [5, 5.41) is 9.77. The van der Waals surface area contributed by atoms with Crippen molar-refractivity contribution in [2.24, 2.45) is 5.92 Å². The number of methoxy groups -OCH3 is 2. The summed E-state index contributed by atoms with van der Waals surface area (Å²) < 4.78 is 9.13. The fourth-order valence-electron chi connectivity index (χ4n) is 1.68. The van der Waals surface area contributed by atoms with E-state index in [2.05, 4.69) is 16.1 Å². The van der Waals surface area contributed by atoms with Gasteiger partial charge in [0.15, 0.2) is 0 Å². The van der Waals surface area contributed by atoms with Crippen LogP contribution in [0.3, 0.4) is 0 Å². The Morgan fingerprint density at radius 2 is 2.06 bits per heavy atom. The van der Waals surface area contributed by atoms with Crippen LogP contribution in [0.25, 0.3) is 0 Å². The smallest absolute Gasteiger partial charge is 0.337 e. The first-order valence-corrected chi connectivity index (χ1v) is 5.42. The normalized spacial score (nSPS) is 22.1. The summed E-state index contributed by atoms with van der Waals surface area (Å²) in [5.74, 6) is -1.40. The predicted molar refractivity (Wildman–Crippen MR) is 64.5 cm³/mol. The number of carbonyl (C=O) groups is 2. The van der Waals surface area contributed by atoms with Gasteiger partial charge in [-0.2, -0.15) is 0 Å². The average Bonchev–Trinajstić information content (AvgIpc) is 2.39. The zero-order valence-corrected chi connectivity index (χ0v) is 10.4. The topological polar surface area (TPSA) is 72.8 Å². The van der Waals surface area contributed by atoms with Gasteiger partial charge in [0, 0.05) is 11.5 Å². The van der Waals surface area contributed by atoms with Gasteiger partial charge in [0.1, 0.15) is 0 Å². The standard InChI is InChI=1S/C13H16O5/c1-8(12(15)17-2)6-10-7-9(13(16)18-3)4-5-11(10)14/h4-5,7,10-11,14H,1,6H2,2-3H3/t10-,11+/m0/s1. The van der Waals surface area contributed by atoms with Gasteiger partial charge in [-0.1, -0.05) is 18.7 Å². The SMILES string of the molecule is C=C(C[C@H]1C=C(C(=O)OC)C=C[C@H]1O)C(=O)OC. The molecule has 0 amide bonds. The lowest BCUT2D eigenvalue weighted by molar-refractivity contribution is -0.136. The molecule has 0 saturated heterocycles. The first-order chi connectivity index (χ1) is 8.49. The fraction of sp³-hybridized carbons (Fsp3) is 0.385. The van der Waals surface area contributed by atoms with E-state index in [0.29, 0.717) is 5.57 Å². The fourth-order valence-corrected chi connectivity index (χ4v) is 1.68. The third-order valence-corrected chi connectivity index (χ3v) is 2.68. The van der Waals surface area contributed by atoms with Crippen LogP contribution in [0, 0.1) is 5.92 Å². The minimum absolute atomic E-state index is 0.221. The molecule has 0 aromatic rings. The van der Waals surface area contributed by atoms with Crippen molar-refractivity contribution in [3.8, 4) is 0 Å². The summed E-state index contributed by atoms with van der Waals surface area (Å²) in [6, 6.07) is 0. The molecule has 1 rings (SSSR count). The maximum atomic E-state index is 11.4. The highest BCUT2D eigenvalue weighted by molar-refractivity contribution is 5.92. The van der Waals surface area contributed by atoms with Gasteiger partial charge in [-0.25, -0.2) is 9.59 Å². The summed E-state index contributed by atoms with van der Waals surface area (Å²) >= 11 is 0. The van der Waals surface area contributed by atoms with Crippen molar-refractivity contribution in [3.05, 3.63) is 36.0 Å². The summed E-state index contributed by atoms with van der Waals surface area (Å²) in [6.07, 6.45) is 4.01. The predicted octanol–water partition coefficient (Wildman–Crippen LogP) is 0.752. The van der Waals surface area contributed by atoms with Crippen LogP contribution in [0.5, 0.6) is 0 Å². The number of ether oxygens (including phenoxy) is 2. The van der Waals surface area contributed by atoms with Crippen molar-refractivity contribution in [1.82, 2.24) is 0 Å². The molecule has 0 saturated carbocycles. The lowest BCUT2D eigenvalue weighted by atomic mass is 9.88. The second-order valence-corrected chi connectivity index (χ2v) is 3.93. The lowest BCUT2D eigenvalue weighted by Gasteiger charge is -2.21. The monoisotopic (exact) mass is 252 g/mol. The molecule has 0 aromatic carbocycles. The largest absolute Gasteiger partial charge is 0.466 e. The van der Waals surface area contributed by atoms with Crippen molar-refractivity contribution in [2.45, 2.75) is 12.5 Å². The molecular formula is C13H16O5. The zero-order chi connectivity index (χ0) is 13.7. The highest BCUT2D eigenvalue weighted by Crippen LogP contribution is 2.24. The molecule has 1 aliphatic rings. The Morgan fingerprint density at radius 1 is 1.39 bits per heavy atom. The van der Waals surface area contributed by atoms with Crippen LogP contribution in [0.1, 0.15) is 6.42 Å². The van der Waals surface area contributed by atoms with Crippen molar-refractivity contribution >= 4 is 11.9 Å².